The molecule has 0 saturated carbocycles. The van der Waals surface area contributed by atoms with Gasteiger partial charge in [0.15, 0.2) is 5.11 Å². The lowest BCUT2D eigenvalue weighted by atomic mass is 9.98. The number of hydrogen-bond acceptors (Lipinski definition) is 2. The molecule has 5 rings (SSSR count). The number of rotatable bonds is 5. The highest BCUT2D eigenvalue weighted by Crippen LogP contribution is 2.42. The average Bonchev–Trinajstić information content (AvgIpc) is 3.45. The second-order valence-corrected chi connectivity index (χ2v) is 8.82. The first-order chi connectivity index (χ1) is 15.6. The first-order valence-corrected chi connectivity index (χ1v) is 11.4. The minimum Gasteiger partial charge on any atom is -0.351 e. The highest BCUT2D eigenvalue weighted by Gasteiger charge is 2.41. The summed E-state index contributed by atoms with van der Waals surface area (Å²) in [4.78, 5) is 6.87. The van der Waals surface area contributed by atoms with E-state index in [-0.39, 0.29) is 12.1 Å². The van der Waals surface area contributed by atoms with Gasteiger partial charge >= 0.3 is 0 Å². The van der Waals surface area contributed by atoms with Crippen LogP contribution in [0.15, 0.2) is 97.5 Å². The van der Waals surface area contributed by atoms with Gasteiger partial charge in [0.1, 0.15) is 0 Å². The molecule has 0 aliphatic carbocycles. The number of benzene rings is 2. The molecule has 5 heteroatoms. The Labute approximate surface area is 194 Å². The molecule has 1 aliphatic heterocycles. The zero-order valence-corrected chi connectivity index (χ0v) is 19.0. The molecular formula is C27H26N4S. The summed E-state index contributed by atoms with van der Waals surface area (Å²) < 4.78 is 2.16. The number of pyridine rings is 1. The van der Waals surface area contributed by atoms with Gasteiger partial charge in [-0.05, 0) is 71.7 Å². The maximum atomic E-state index is 5.84. The highest BCUT2D eigenvalue weighted by molar-refractivity contribution is 7.80. The second-order valence-electron chi connectivity index (χ2n) is 8.43. The zero-order valence-electron chi connectivity index (χ0n) is 18.2. The van der Waals surface area contributed by atoms with Crippen molar-refractivity contribution < 1.29 is 0 Å². The van der Waals surface area contributed by atoms with E-state index in [2.05, 4.69) is 107 Å². The minimum atomic E-state index is -0.0416. The molecule has 0 amide bonds. The number of thiocarbonyl (C=S) groups is 1. The van der Waals surface area contributed by atoms with Crippen LogP contribution in [0.2, 0.25) is 0 Å². The smallest absolute Gasteiger partial charge is 0.174 e. The van der Waals surface area contributed by atoms with E-state index in [0.29, 0.717) is 5.92 Å². The van der Waals surface area contributed by atoms with Crippen molar-refractivity contribution in [2.45, 2.75) is 31.8 Å². The van der Waals surface area contributed by atoms with E-state index in [4.69, 9.17) is 12.2 Å². The average molecular weight is 439 g/mol. The Kier molecular flexibility index (Phi) is 5.50. The molecule has 32 heavy (non-hydrogen) atoms. The highest BCUT2D eigenvalue weighted by atomic mass is 32.1. The van der Waals surface area contributed by atoms with Gasteiger partial charge in [-0.2, -0.15) is 0 Å². The Morgan fingerprint density at radius 3 is 2.31 bits per heavy atom. The predicted molar refractivity (Wildman–Crippen MR) is 134 cm³/mol. The molecule has 2 aromatic carbocycles. The number of nitrogens with one attached hydrogen (secondary N) is 1. The summed E-state index contributed by atoms with van der Waals surface area (Å²) in [6, 6.07) is 27.3. The quantitative estimate of drug-likeness (QED) is 0.378. The zero-order chi connectivity index (χ0) is 22.1. The van der Waals surface area contributed by atoms with Gasteiger partial charge in [-0.15, -0.1) is 0 Å². The van der Waals surface area contributed by atoms with Crippen LogP contribution in [0.5, 0.6) is 0 Å². The molecule has 0 spiro atoms. The summed E-state index contributed by atoms with van der Waals surface area (Å²) in [5, 5.41) is 4.26. The Hall–Kier alpha value is -3.44. The van der Waals surface area contributed by atoms with Gasteiger partial charge in [0.05, 0.1) is 17.8 Å². The van der Waals surface area contributed by atoms with Crippen LogP contribution in [-0.4, -0.2) is 14.7 Å². The Morgan fingerprint density at radius 1 is 0.875 bits per heavy atom. The van der Waals surface area contributed by atoms with E-state index in [1.54, 1.807) is 0 Å². The molecule has 4 nitrogen and oxygen atoms in total. The van der Waals surface area contributed by atoms with Crippen molar-refractivity contribution >= 4 is 23.0 Å². The number of aromatic nitrogens is 2. The van der Waals surface area contributed by atoms with E-state index < -0.39 is 0 Å². The van der Waals surface area contributed by atoms with Crippen LogP contribution in [0.4, 0.5) is 5.69 Å². The van der Waals surface area contributed by atoms with Crippen molar-refractivity contribution in [1.82, 2.24) is 14.9 Å². The lowest BCUT2D eigenvalue weighted by Gasteiger charge is -2.27. The Balaban J connectivity index is 1.58. The third-order valence-electron chi connectivity index (χ3n) is 6.05. The predicted octanol–water partition coefficient (Wildman–Crippen LogP) is 6.17. The standard InChI is InChI=1S/C27H26N4S/c1-19(2)20-11-13-23(14-12-20)31-26(25(29-27(31)32)24-10-6-7-16-28-24)21-15-17-30(18-21)22-8-4-3-5-9-22/h3-19,25-26H,1-2H3,(H,29,32)/t25-,26+/m1/s1. The lowest BCUT2D eigenvalue weighted by Crippen LogP contribution is -2.29. The van der Waals surface area contributed by atoms with Crippen molar-refractivity contribution in [2.24, 2.45) is 0 Å². The molecule has 0 unspecified atom stereocenters. The summed E-state index contributed by atoms with van der Waals surface area (Å²) in [6.45, 7) is 4.42. The van der Waals surface area contributed by atoms with Gasteiger partial charge in [0, 0.05) is 30.0 Å². The van der Waals surface area contributed by atoms with Crippen LogP contribution in [0.3, 0.4) is 0 Å². The molecule has 3 heterocycles. The van der Waals surface area contributed by atoms with Gasteiger partial charge < -0.3 is 14.8 Å². The fraction of sp³-hybridized carbons (Fsp3) is 0.185. The molecule has 1 fully saturated rings. The maximum Gasteiger partial charge on any atom is 0.174 e. The Morgan fingerprint density at radius 2 is 1.62 bits per heavy atom. The van der Waals surface area contributed by atoms with Gasteiger partial charge in [0.25, 0.3) is 0 Å². The summed E-state index contributed by atoms with van der Waals surface area (Å²) in [5.41, 5.74) is 5.70. The number of para-hydroxylation sites is 1. The molecule has 1 saturated heterocycles. The molecule has 2 atom stereocenters. The first-order valence-electron chi connectivity index (χ1n) is 11.0. The van der Waals surface area contributed by atoms with E-state index >= 15 is 0 Å². The summed E-state index contributed by atoms with van der Waals surface area (Å²) in [5.74, 6) is 0.490. The summed E-state index contributed by atoms with van der Waals surface area (Å²) in [6.07, 6.45) is 6.15. The minimum absolute atomic E-state index is 0.00716. The normalized spacial score (nSPS) is 18.2. The molecule has 2 aromatic heterocycles. The van der Waals surface area contributed by atoms with E-state index in [1.165, 1.54) is 11.1 Å². The van der Waals surface area contributed by atoms with Crippen LogP contribution in [-0.2, 0) is 0 Å². The molecule has 0 bridgehead atoms. The van der Waals surface area contributed by atoms with Gasteiger partial charge in [-0.1, -0.05) is 50.2 Å². The van der Waals surface area contributed by atoms with E-state index in [1.807, 2.05) is 24.4 Å². The van der Waals surface area contributed by atoms with Crippen molar-refractivity contribution in [3.63, 3.8) is 0 Å². The monoisotopic (exact) mass is 438 g/mol. The lowest BCUT2D eigenvalue weighted by molar-refractivity contribution is 0.568. The SMILES string of the molecule is CC(C)c1ccc(N2C(=S)N[C@H](c3ccccn3)[C@@H]2c2ccn(-c3ccccc3)c2)cc1. The third-order valence-corrected chi connectivity index (χ3v) is 6.36. The van der Waals surface area contributed by atoms with Gasteiger partial charge in [-0.25, -0.2) is 0 Å². The van der Waals surface area contributed by atoms with Crippen molar-refractivity contribution in [1.29, 1.82) is 0 Å². The maximum absolute atomic E-state index is 5.84. The van der Waals surface area contributed by atoms with Crippen LogP contribution in [0.25, 0.3) is 5.69 Å². The first kappa shape index (κ1) is 20.5. The number of anilines is 1. The molecule has 4 aromatic rings. The van der Waals surface area contributed by atoms with E-state index in [0.717, 1.165) is 22.2 Å². The van der Waals surface area contributed by atoms with Crippen LogP contribution in [0.1, 0.15) is 48.7 Å². The van der Waals surface area contributed by atoms with Crippen LogP contribution < -0.4 is 10.2 Å². The van der Waals surface area contributed by atoms with E-state index in [9.17, 15) is 0 Å². The van der Waals surface area contributed by atoms with Crippen molar-refractivity contribution in [3.05, 3.63) is 114 Å². The molecule has 0 radical (unpaired) electrons. The van der Waals surface area contributed by atoms with Crippen LogP contribution in [0, 0.1) is 0 Å². The fourth-order valence-corrected chi connectivity index (χ4v) is 4.69. The molecular weight excluding hydrogens is 412 g/mol. The molecule has 160 valence electrons. The van der Waals surface area contributed by atoms with Crippen molar-refractivity contribution in [3.8, 4) is 5.69 Å². The molecule has 1 aliphatic rings. The summed E-state index contributed by atoms with van der Waals surface area (Å²) in [7, 11) is 0. The number of hydrogen-bond donors (Lipinski definition) is 1. The fourth-order valence-electron chi connectivity index (χ4n) is 4.34. The third kappa shape index (κ3) is 3.80. The largest absolute Gasteiger partial charge is 0.351 e. The van der Waals surface area contributed by atoms with Gasteiger partial charge in [0.2, 0.25) is 0 Å². The Bertz CT molecular complexity index is 1200. The van der Waals surface area contributed by atoms with Gasteiger partial charge in [-0.3, -0.25) is 4.98 Å². The molecule has 1 N–H and O–H groups in total. The number of nitrogens with zero attached hydrogens (tertiary/aromatic N) is 3. The van der Waals surface area contributed by atoms with Crippen molar-refractivity contribution in [2.75, 3.05) is 4.90 Å². The van der Waals surface area contributed by atoms with Crippen LogP contribution >= 0.6 is 12.2 Å². The summed E-state index contributed by atoms with van der Waals surface area (Å²) >= 11 is 5.84. The topological polar surface area (TPSA) is 33.1 Å². The second kappa shape index (κ2) is 8.60.